The predicted octanol–water partition coefficient (Wildman–Crippen LogP) is 2.70. The molecule has 2 heterocycles. The fraction of sp³-hybridized carbons (Fsp3) is 0.111. The van der Waals surface area contributed by atoms with Crippen LogP contribution in [0.5, 0.6) is 0 Å². The van der Waals surface area contributed by atoms with Crippen molar-refractivity contribution in [2.24, 2.45) is 0 Å². The van der Waals surface area contributed by atoms with E-state index in [-0.39, 0.29) is 16.2 Å². The van der Waals surface area contributed by atoms with E-state index in [2.05, 4.69) is 5.10 Å². The highest BCUT2D eigenvalue weighted by Gasteiger charge is 2.32. The molecule has 2 aromatic heterocycles. The van der Waals surface area contributed by atoms with E-state index in [1.54, 1.807) is 0 Å². The Morgan fingerprint density at radius 3 is 2.59 bits per heavy atom. The molecule has 0 aliphatic carbocycles. The van der Waals surface area contributed by atoms with E-state index >= 15 is 0 Å². The second-order valence-corrected chi connectivity index (χ2v) is 3.65. The Labute approximate surface area is 97.2 Å². The van der Waals surface area contributed by atoms with Crippen LogP contribution in [0.1, 0.15) is 16.1 Å². The van der Waals surface area contributed by atoms with E-state index in [0.29, 0.717) is 6.20 Å². The fourth-order valence-corrected chi connectivity index (χ4v) is 1.57. The number of aromatic carboxylic acids is 1. The SMILES string of the molecule is O=C(O)c1cc2c(Cl)cc(C(F)(F)F)cn2n1. The molecule has 0 radical (unpaired) electrons. The fourth-order valence-electron chi connectivity index (χ4n) is 1.31. The first kappa shape index (κ1) is 11.7. The molecule has 0 spiro atoms. The van der Waals surface area contributed by atoms with Crippen LogP contribution in [0.4, 0.5) is 13.2 Å². The molecule has 0 amide bonds. The molecule has 0 fully saturated rings. The van der Waals surface area contributed by atoms with Crippen LogP contribution in [0.15, 0.2) is 18.3 Å². The number of carboxylic acids is 1. The Morgan fingerprint density at radius 2 is 2.06 bits per heavy atom. The highest BCUT2D eigenvalue weighted by Crippen LogP contribution is 2.32. The first-order valence-corrected chi connectivity index (χ1v) is 4.66. The molecule has 0 saturated heterocycles. The average Bonchev–Trinajstić information content (AvgIpc) is 2.60. The third-order valence-electron chi connectivity index (χ3n) is 2.07. The summed E-state index contributed by atoms with van der Waals surface area (Å²) in [6.45, 7) is 0. The lowest BCUT2D eigenvalue weighted by Gasteiger charge is -2.07. The molecule has 0 unspecified atom stereocenters. The zero-order valence-corrected chi connectivity index (χ0v) is 8.75. The zero-order valence-electron chi connectivity index (χ0n) is 7.99. The Balaban J connectivity index is 2.69. The highest BCUT2D eigenvalue weighted by molar-refractivity contribution is 6.33. The van der Waals surface area contributed by atoms with Crippen molar-refractivity contribution in [1.29, 1.82) is 0 Å². The van der Waals surface area contributed by atoms with E-state index in [4.69, 9.17) is 16.7 Å². The largest absolute Gasteiger partial charge is 0.476 e. The summed E-state index contributed by atoms with van der Waals surface area (Å²) in [7, 11) is 0. The quantitative estimate of drug-likeness (QED) is 0.861. The number of hydrogen-bond acceptors (Lipinski definition) is 2. The molecule has 8 heteroatoms. The van der Waals surface area contributed by atoms with Gasteiger partial charge >= 0.3 is 12.1 Å². The second-order valence-electron chi connectivity index (χ2n) is 3.24. The van der Waals surface area contributed by atoms with Crippen molar-refractivity contribution in [1.82, 2.24) is 9.61 Å². The van der Waals surface area contributed by atoms with Gasteiger partial charge in [-0.15, -0.1) is 0 Å². The zero-order chi connectivity index (χ0) is 12.8. The molecule has 4 nitrogen and oxygen atoms in total. The van der Waals surface area contributed by atoms with Crippen LogP contribution >= 0.6 is 11.6 Å². The summed E-state index contributed by atoms with van der Waals surface area (Å²) in [5.41, 5.74) is -1.25. The molecule has 0 bridgehead atoms. The van der Waals surface area contributed by atoms with Crippen LogP contribution in [-0.2, 0) is 6.18 Å². The van der Waals surface area contributed by atoms with Crippen molar-refractivity contribution in [3.05, 3.63) is 34.6 Å². The first-order chi connectivity index (χ1) is 7.79. The van der Waals surface area contributed by atoms with E-state index in [0.717, 1.165) is 16.6 Å². The van der Waals surface area contributed by atoms with Gasteiger partial charge in [0, 0.05) is 12.3 Å². The molecule has 0 saturated carbocycles. The van der Waals surface area contributed by atoms with Crippen LogP contribution in [0.25, 0.3) is 5.52 Å². The Morgan fingerprint density at radius 1 is 1.41 bits per heavy atom. The van der Waals surface area contributed by atoms with Gasteiger partial charge in [0.25, 0.3) is 0 Å². The van der Waals surface area contributed by atoms with Crippen molar-refractivity contribution in [3.63, 3.8) is 0 Å². The topological polar surface area (TPSA) is 54.6 Å². The summed E-state index contributed by atoms with van der Waals surface area (Å²) in [4.78, 5) is 10.6. The number of carbonyl (C=O) groups is 1. The molecule has 17 heavy (non-hydrogen) atoms. The number of aromatic nitrogens is 2. The summed E-state index contributed by atoms with van der Waals surface area (Å²) >= 11 is 5.63. The number of hydrogen-bond donors (Lipinski definition) is 1. The van der Waals surface area contributed by atoms with Gasteiger partial charge in [-0.3, -0.25) is 0 Å². The molecule has 0 aliphatic heterocycles. The van der Waals surface area contributed by atoms with Crippen molar-refractivity contribution < 1.29 is 23.1 Å². The first-order valence-electron chi connectivity index (χ1n) is 4.28. The molecule has 2 aromatic rings. The van der Waals surface area contributed by atoms with E-state index in [1.165, 1.54) is 0 Å². The van der Waals surface area contributed by atoms with Crippen molar-refractivity contribution in [2.45, 2.75) is 6.18 Å². The second kappa shape index (κ2) is 3.63. The Bertz CT molecular complexity index is 606. The minimum absolute atomic E-state index is 0.108. The third-order valence-corrected chi connectivity index (χ3v) is 2.37. The van der Waals surface area contributed by atoms with E-state index < -0.39 is 17.7 Å². The van der Waals surface area contributed by atoms with Gasteiger partial charge in [0.2, 0.25) is 0 Å². The van der Waals surface area contributed by atoms with Gasteiger partial charge in [-0.05, 0) is 6.07 Å². The van der Waals surface area contributed by atoms with Gasteiger partial charge in [-0.25, -0.2) is 9.31 Å². The summed E-state index contributed by atoms with van der Waals surface area (Å²) in [5.74, 6) is -1.33. The standard InChI is InChI=1S/C9H4ClF3N2O2/c10-5-1-4(9(11,12)13)3-15-7(5)2-6(14-15)8(16)17/h1-3H,(H,16,17). The number of fused-ring (bicyclic) bond motifs is 1. The van der Waals surface area contributed by atoms with Crippen molar-refractivity contribution in [3.8, 4) is 0 Å². The summed E-state index contributed by atoms with van der Waals surface area (Å²) in [6, 6.07) is 1.83. The van der Waals surface area contributed by atoms with Crippen LogP contribution in [0.3, 0.4) is 0 Å². The minimum atomic E-state index is -4.56. The van der Waals surface area contributed by atoms with E-state index in [1.807, 2.05) is 0 Å². The van der Waals surface area contributed by atoms with E-state index in [9.17, 15) is 18.0 Å². The van der Waals surface area contributed by atoms with Crippen LogP contribution in [0, 0.1) is 0 Å². The maximum absolute atomic E-state index is 12.4. The number of rotatable bonds is 1. The lowest BCUT2D eigenvalue weighted by atomic mass is 10.2. The number of alkyl halides is 3. The molecular weight excluding hydrogens is 261 g/mol. The van der Waals surface area contributed by atoms with Gasteiger partial charge in [0.05, 0.1) is 16.1 Å². The minimum Gasteiger partial charge on any atom is -0.476 e. The smallest absolute Gasteiger partial charge is 0.417 e. The Hall–Kier alpha value is -1.76. The summed E-state index contributed by atoms with van der Waals surface area (Å²) in [6.07, 6.45) is -3.87. The molecular formula is C9H4ClF3N2O2. The lowest BCUT2D eigenvalue weighted by molar-refractivity contribution is -0.137. The molecule has 2 rings (SSSR count). The molecule has 90 valence electrons. The van der Waals surface area contributed by atoms with Crippen molar-refractivity contribution in [2.75, 3.05) is 0 Å². The van der Waals surface area contributed by atoms with Gasteiger partial charge in [0.15, 0.2) is 5.69 Å². The summed E-state index contributed by atoms with van der Waals surface area (Å²) < 4.78 is 38.1. The number of carboxylic acid groups (broad SMARTS) is 1. The van der Waals surface area contributed by atoms with Crippen LogP contribution < -0.4 is 0 Å². The number of pyridine rings is 1. The molecule has 0 atom stereocenters. The highest BCUT2D eigenvalue weighted by atomic mass is 35.5. The molecule has 0 aromatic carbocycles. The van der Waals surface area contributed by atoms with Crippen LogP contribution in [-0.4, -0.2) is 20.7 Å². The van der Waals surface area contributed by atoms with Gasteiger partial charge in [-0.1, -0.05) is 11.6 Å². The van der Waals surface area contributed by atoms with Gasteiger partial charge in [-0.2, -0.15) is 18.3 Å². The maximum atomic E-state index is 12.4. The molecule has 0 aliphatic rings. The molecule has 1 N–H and O–H groups in total. The maximum Gasteiger partial charge on any atom is 0.417 e. The Kier molecular flexibility index (Phi) is 2.50. The predicted molar refractivity (Wildman–Crippen MR) is 52.2 cm³/mol. The van der Waals surface area contributed by atoms with Crippen molar-refractivity contribution >= 4 is 23.1 Å². The third kappa shape index (κ3) is 2.05. The normalized spacial score (nSPS) is 12.0. The summed E-state index contributed by atoms with van der Waals surface area (Å²) in [5, 5.41) is 11.9. The van der Waals surface area contributed by atoms with Gasteiger partial charge in [0.1, 0.15) is 0 Å². The average molecular weight is 265 g/mol. The lowest BCUT2D eigenvalue weighted by Crippen LogP contribution is -2.07. The van der Waals surface area contributed by atoms with Crippen LogP contribution in [0.2, 0.25) is 5.02 Å². The van der Waals surface area contributed by atoms with Gasteiger partial charge < -0.3 is 5.11 Å². The number of nitrogens with zero attached hydrogens (tertiary/aromatic N) is 2. The monoisotopic (exact) mass is 264 g/mol. The number of halogens is 4.